The average Bonchev–Trinajstić information content (AvgIpc) is 1.82. The van der Waals surface area contributed by atoms with Gasteiger partial charge in [-0.05, 0) is 155 Å². The van der Waals surface area contributed by atoms with Crippen molar-refractivity contribution in [1.82, 2.24) is 59.1 Å². The first-order valence-corrected chi connectivity index (χ1v) is 33.7. The predicted molar refractivity (Wildman–Crippen MR) is 392 cm³/mol. The summed E-state index contributed by atoms with van der Waals surface area (Å²) in [6.07, 6.45) is 3.55. The van der Waals surface area contributed by atoms with Crippen LogP contribution in [0.15, 0.2) is 196 Å². The Labute approximate surface area is 568 Å². The molecule has 0 aliphatic rings. The number of imidazole rings is 1. The molecule has 0 fully saturated rings. The van der Waals surface area contributed by atoms with Crippen molar-refractivity contribution in [3.05, 3.63) is 226 Å². The molecule has 22 heteroatoms. The molecule has 0 atom stereocenters. The van der Waals surface area contributed by atoms with Crippen molar-refractivity contribution in [2.45, 2.75) is 67.0 Å². The molecule has 0 aliphatic heterocycles. The lowest BCUT2D eigenvalue weighted by Crippen LogP contribution is -2.19. The van der Waals surface area contributed by atoms with Crippen molar-refractivity contribution in [2.75, 3.05) is 75.1 Å². The number of thiazole rings is 3. The summed E-state index contributed by atoms with van der Waals surface area (Å²) in [5, 5.41) is 12.1. The van der Waals surface area contributed by atoms with Gasteiger partial charge in [-0.3, -0.25) is 29.9 Å². The van der Waals surface area contributed by atoms with Gasteiger partial charge in [0.1, 0.15) is 39.8 Å². The molecule has 0 spiro atoms. The SMILES string of the molecule is CC(=NCc1nc2ccccc2n1CCN(C)C)c1ccccn1.CC(=NCc1nc2ccccc2s1)c1cc(OCCN(C)C)ccn1.CC(=NCc1nc2ccccc2s1)c1cccc(CO)n1.CC(=NCc1nc2ccccc2s1)c1cccc(OCCN(C)C)n1. The van der Waals surface area contributed by atoms with Crippen LogP contribution in [0.5, 0.6) is 11.6 Å². The number of aliphatic imine (C=N–C) groups is 4. The molecule has 8 heterocycles. The van der Waals surface area contributed by atoms with E-state index in [-0.39, 0.29) is 6.61 Å². The van der Waals surface area contributed by atoms with E-state index in [1.165, 1.54) is 19.6 Å². The molecule has 490 valence electrons. The highest BCUT2D eigenvalue weighted by Gasteiger charge is 2.13. The van der Waals surface area contributed by atoms with Crippen molar-refractivity contribution in [3.8, 4) is 11.6 Å². The van der Waals surface area contributed by atoms with E-state index >= 15 is 0 Å². The van der Waals surface area contributed by atoms with Gasteiger partial charge in [0.15, 0.2) is 0 Å². The molecule has 4 aromatic carbocycles. The van der Waals surface area contributed by atoms with Gasteiger partial charge in [-0.1, -0.05) is 66.7 Å². The molecule has 0 saturated heterocycles. The van der Waals surface area contributed by atoms with E-state index in [2.05, 4.69) is 120 Å². The van der Waals surface area contributed by atoms with Crippen molar-refractivity contribution in [3.63, 3.8) is 0 Å². The van der Waals surface area contributed by atoms with Gasteiger partial charge in [0.2, 0.25) is 5.88 Å². The lowest BCUT2D eigenvalue weighted by molar-refractivity contribution is 0.254. The molecule has 12 aromatic rings. The van der Waals surface area contributed by atoms with Crippen LogP contribution < -0.4 is 9.47 Å². The third kappa shape index (κ3) is 21.6. The standard InChI is InChI=1S/C19H23N5.2C19H22N4OS.C16H15N3OS/c1-15(16-8-6-7-11-20-16)21-14-19-22-17-9-4-5-10-18(17)24(19)13-12-23(2)3;1-14(15-8-6-10-18(21-15)24-12-11-23(2)3)20-13-19-22-16-7-4-5-9-17(16)25-19;1-14(17-12-15(8-9-20-17)24-11-10-23(2)3)21-13-19-22-16-6-4-5-7-18(16)25-19;1-11(13-7-4-5-12(10-20)18-13)17-9-16-19-14-6-2-3-8-15(14)21-16/h4-11H,12-14H2,1-3H3;4-10H,11-13H2,1-3H3;4-9,12H,10-11,13H2,1-3H3;2-8,20H,9-10H2,1H3. The summed E-state index contributed by atoms with van der Waals surface area (Å²) in [7, 11) is 12.3. The Bertz CT molecular complexity index is 4270. The summed E-state index contributed by atoms with van der Waals surface area (Å²) in [4.78, 5) is 61.1. The summed E-state index contributed by atoms with van der Waals surface area (Å²) < 4.78 is 17.3. The van der Waals surface area contributed by atoms with Crippen molar-refractivity contribution >= 4 is 98.5 Å². The summed E-state index contributed by atoms with van der Waals surface area (Å²) in [5.41, 5.74) is 12.9. The van der Waals surface area contributed by atoms with Crippen molar-refractivity contribution in [1.29, 1.82) is 0 Å². The number of aliphatic hydroxyl groups excluding tert-OH is 1. The largest absolute Gasteiger partial charge is 0.492 e. The van der Waals surface area contributed by atoms with Crippen molar-refractivity contribution in [2.24, 2.45) is 20.0 Å². The maximum Gasteiger partial charge on any atom is 0.213 e. The van der Waals surface area contributed by atoms with Gasteiger partial charge < -0.3 is 33.8 Å². The minimum Gasteiger partial charge on any atom is -0.492 e. The highest BCUT2D eigenvalue weighted by atomic mass is 32.1. The first kappa shape index (κ1) is 70.1. The van der Waals surface area contributed by atoms with Crippen LogP contribution in [0.4, 0.5) is 0 Å². The Morgan fingerprint density at radius 3 is 1.43 bits per heavy atom. The van der Waals surface area contributed by atoms with Gasteiger partial charge in [-0.2, -0.15) is 0 Å². The fraction of sp³-hybridized carbons (Fsp3) is 0.288. The van der Waals surface area contributed by atoms with E-state index in [0.29, 0.717) is 51.0 Å². The zero-order valence-corrected chi connectivity index (χ0v) is 58.1. The van der Waals surface area contributed by atoms with Crippen LogP contribution >= 0.6 is 34.0 Å². The number of nitrogens with zero attached hydrogens (tertiary/aromatic N) is 16. The van der Waals surface area contributed by atoms with E-state index in [4.69, 9.17) is 24.6 Å². The minimum atomic E-state index is -0.0566. The van der Waals surface area contributed by atoms with Gasteiger partial charge >= 0.3 is 0 Å². The van der Waals surface area contributed by atoms with Gasteiger partial charge in [-0.25, -0.2) is 29.9 Å². The molecule has 1 N–H and O–H groups in total. The molecule has 0 amide bonds. The van der Waals surface area contributed by atoms with E-state index < -0.39 is 0 Å². The number of ether oxygens (including phenoxy) is 2. The Morgan fingerprint density at radius 1 is 0.432 bits per heavy atom. The topological polar surface area (TPSA) is 206 Å². The third-order valence-electron chi connectivity index (χ3n) is 14.5. The van der Waals surface area contributed by atoms with E-state index in [1.54, 1.807) is 52.5 Å². The molecule has 0 saturated carbocycles. The minimum absolute atomic E-state index is 0.0566. The second-order valence-electron chi connectivity index (χ2n) is 22.7. The molecule has 8 aromatic heterocycles. The van der Waals surface area contributed by atoms with Crippen LogP contribution in [0.3, 0.4) is 0 Å². The molecular formula is C73H82N16O3S3. The molecule has 0 bridgehead atoms. The van der Waals surface area contributed by atoms with Crippen LogP contribution in [-0.2, 0) is 39.3 Å². The monoisotopic (exact) mass is 1330 g/mol. The Morgan fingerprint density at radius 2 is 0.895 bits per heavy atom. The Hall–Kier alpha value is -9.26. The second kappa shape index (κ2) is 35.9. The zero-order chi connectivity index (χ0) is 66.9. The van der Waals surface area contributed by atoms with Crippen LogP contribution in [0.2, 0.25) is 0 Å². The number of para-hydroxylation sites is 5. The first-order valence-electron chi connectivity index (χ1n) is 31.3. The lowest BCUT2D eigenvalue weighted by Gasteiger charge is -2.13. The highest BCUT2D eigenvalue weighted by Crippen LogP contribution is 2.26. The van der Waals surface area contributed by atoms with Crippen LogP contribution in [-0.4, -0.2) is 162 Å². The Kier molecular flexibility index (Phi) is 26.4. The third-order valence-corrected chi connectivity index (χ3v) is 17.6. The summed E-state index contributed by atoms with van der Waals surface area (Å²) >= 11 is 5.03. The van der Waals surface area contributed by atoms with Gasteiger partial charge in [-0.15, -0.1) is 34.0 Å². The second-order valence-corrected chi connectivity index (χ2v) is 26.1. The maximum atomic E-state index is 9.12. The predicted octanol–water partition coefficient (Wildman–Crippen LogP) is 13.5. The number of aliphatic hydroxyl groups is 1. The molecular weight excluding hydrogens is 1250 g/mol. The normalized spacial score (nSPS) is 12.1. The fourth-order valence-electron chi connectivity index (χ4n) is 9.25. The lowest BCUT2D eigenvalue weighted by atomic mass is 10.2. The first-order chi connectivity index (χ1) is 46.1. The van der Waals surface area contributed by atoms with Gasteiger partial charge in [0.25, 0.3) is 0 Å². The summed E-state index contributed by atoms with van der Waals surface area (Å²) in [6.45, 7) is 14.9. The van der Waals surface area contributed by atoms with E-state index in [1.807, 2.05) is 177 Å². The number of benzene rings is 4. The number of hydrogen-bond acceptors (Lipinski definition) is 21. The number of fused-ring (bicyclic) bond motifs is 4. The molecule has 95 heavy (non-hydrogen) atoms. The maximum absolute atomic E-state index is 9.12. The van der Waals surface area contributed by atoms with Crippen LogP contribution in [0.25, 0.3) is 41.7 Å². The van der Waals surface area contributed by atoms with Crippen molar-refractivity contribution < 1.29 is 14.6 Å². The molecule has 12 rings (SSSR count). The molecule has 0 unspecified atom stereocenters. The smallest absolute Gasteiger partial charge is 0.213 e. The number of pyridine rings is 4. The zero-order valence-electron chi connectivity index (χ0n) is 55.7. The number of aromatic nitrogens is 9. The Balaban J connectivity index is 0.000000149. The average molecular weight is 1330 g/mol. The molecule has 0 radical (unpaired) electrons. The van der Waals surface area contributed by atoms with E-state index in [9.17, 15) is 0 Å². The highest BCUT2D eigenvalue weighted by molar-refractivity contribution is 7.19. The van der Waals surface area contributed by atoms with Gasteiger partial charge in [0.05, 0.1) is 126 Å². The molecule has 19 nitrogen and oxygen atoms in total. The number of rotatable bonds is 24. The van der Waals surface area contributed by atoms with E-state index in [0.717, 1.165) is 120 Å². The molecule has 0 aliphatic carbocycles. The van der Waals surface area contributed by atoms with Crippen LogP contribution in [0, 0.1) is 0 Å². The number of hydrogen-bond donors (Lipinski definition) is 1. The summed E-state index contributed by atoms with van der Waals surface area (Å²) in [6, 6.07) is 53.7. The number of likely N-dealkylation sites (N-methyl/N-ethyl adjacent to an activating group) is 3. The fourth-order valence-corrected chi connectivity index (χ4v) is 11.9. The quantitative estimate of drug-likeness (QED) is 0.0559. The van der Waals surface area contributed by atoms with Crippen LogP contribution in [0.1, 0.15) is 77.0 Å². The summed E-state index contributed by atoms with van der Waals surface area (Å²) in [5.74, 6) is 2.45. The van der Waals surface area contributed by atoms with Gasteiger partial charge in [0, 0.05) is 50.7 Å².